The van der Waals surface area contributed by atoms with Gasteiger partial charge in [0.2, 0.25) is 5.91 Å². The number of H-pyrrole nitrogens is 1. The summed E-state index contributed by atoms with van der Waals surface area (Å²) in [6.45, 7) is 4.02. The summed E-state index contributed by atoms with van der Waals surface area (Å²) >= 11 is 0. The summed E-state index contributed by atoms with van der Waals surface area (Å²) in [4.78, 5) is 46.6. The van der Waals surface area contributed by atoms with Gasteiger partial charge in [0.25, 0.3) is 5.56 Å². The topological polar surface area (TPSA) is 95.6 Å². The monoisotopic (exact) mass is 358 g/mol. The predicted molar refractivity (Wildman–Crippen MR) is 95.9 cm³/mol. The maximum atomic E-state index is 12.4. The molecule has 2 aromatic rings. The van der Waals surface area contributed by atoms with Gasteiger partial charge in [0.05, 0.1) is 17.5 Å². The van der Waals surface area contributed by atoms with Crippen LogP contribution in [0.1, 0.15) is 19.2 Å². The minimum Gasteiger partial charge on any atom is -0.450 e. The fraction of sp³-hybridized carbons (Fsp3) is 0.444. The van der Waals surface area contributed by atoms with Crippen molar-refractivity contribution in [2.24, 2.45) is 0 Å². The van der Waals surface area contributed by atoms with Crippen molar-refractivity contribution in [3.63, 3.8) is 0 Å². The number of piperazine rings is 1. The van der Waals surface area contributed by atoms with Crippen molar-refractivity contribution in [2.75, 3.05) is 32.8 Å². The molecule has 1 aromatic heterocycles. The van der Waals surface area contributed by atoms with Crippen LogP contribution < -0.4 is 5.56 Å². The van der Waals surface area contributed by atoms with Crippen LogP contribution in [0.4, 0.5) is 4.79 Å². The van der Waals surface area contributed by atoms with Gasteiger partial charge in [-0.2, -0.15) is 0 Å². The van der Waals surface area contributed by atoms with Gasteiger partial charge < -0.3 is 19.5 Å². The summed E-state index contributed by atoms with van der Waals surface area (Å²) < 4.78 is 4.97. The van der Waals surface area contributed by atoms with E-state index in [4.69, 9.17) is 4.74 Å². The van der Waals surface area contributed by atoms with Crippen LogP contribution >= 0.6 is 0 Å². The average molecular weight is 358 g/mol. The Morgan fingerprint density at radius 2 is 1.85 bits per heavy atom. The van der Waals surface area contributed by atoms with Crippen LogP contribution in [0.15, 0.2) is 29.1 Å². The average Bonchev–Trinajstić information content (AvgIpc) is 2.66. The summed E-state index contributed by atoms with van der Waals surface area (Å²) in [5, 5.41) is 0.540. The van der Waals surface area contributed by atoms with Crippen LogP contribution in [0.3, 0.4) is 0 Å². The highest BCUT2D eigenvalue weighted by Gasteiger charge is 2.24. The van der Waals surface area contributed by atoms with Crippen LogP contribution in [-0.4, -0.2) is 64.6 Å². The number of benzene rings is 1. The number of aryl methyl sites for hydroxylation is 1. The number of carbonyl (C=O) groups excluding carboxylic acids is 2. The molecule has 138 valence electrons. The third-order valence-corrected chi connectivity index (χ3v) is 4.40. The van der Waals surface area contributed by atoms with E-state index in [0.29, 0.717) is 55.9 Å². The zero-order chi connectivity index (χ0) is 18.5. The van der Waals surface area contributed by atoms with E-state index in [-0.39, 0.29) is 24.0 Å². The van der Waals surface area contributed by atoms with E-state index in [1.807, 2.05) is 6.07 Å². The van der Waals surface area contributed by atoms with Gasteiger partial charge in [0, 0.05) is 39.0 Å². The number of amides is 2. The Balaban J connectivity index is 1.55. The number of fused-ring (bicyclic) bond motifs is 1. The number of ether oxygens (including phenoxy) is 1. The van der Waals surface area contributed by atoms with Crippen LogP contribution in [0.2, 0.25) is 0 Å². The molecule has 1 fully saturated rings. The van der Waals surface area contributed by atoms with Crippen LogP contribution in [0.25, 0.3) is 10.9 Å². The smallest absolute Gasteiger partial charge is 0.409 e. The number of nitrogens with one attached hydrogen (secondary N) is 1. The number of rotatable bonds is 4. The first-order valence-corrected chi connectivity index (χ1v) is 8.76. The van der Waals surface area contributed by atoms with Crippen LogP contribution in [0.5, 0.6) is 0 Å². The van der Waals surface area contributed by atoms with Crippen LogP contribution in [-0.2, 0) is 16.0 Å². The molecule has 0 bridgehead atoms. The van der Waals surface area contributed by atoms with Crippen molar-refractivity contribution in [3.05, 3.63) is 40.4 Å². The number of aromatic nitrogens is 2. The molecule has 8 heteroatoms. The summed E-state index contributed by atoms with van der Waals surface area (Å²) in [5.74, 6) is 0.497. The van der Waals surface area contributed by atoms with Crippen molar-refractivity contribution in [1.29, 1.82) is 0 Å². The van der Waals surface area contributed by atoms with Gasteiger partial charge in [-0.05, 0) is 19.1 Å². The molecular weight excluding hydrogens is 336 g/mol. The molecule has 1 saturated heterocycles. The molecule has 0 unspecified atom stereocenters. The lowest BCUT2D eigenvalue weighted by atomic mass is 10.2. The molecule has 1 aliphatic rings. The Kier molecular flexibility index (Phi) is 5.50. The van der Waals surface area contributed by atoms with E-state index in [1.54, 1.807) is 34.9 Å². The third kappa shape index (κ3) is 4.01. The molecule has 3 rings (SSSR count). The summed E-state index contributed by atoms with van der Waals surface area (Å²) in [5.41, 5.74) is 0.433. The molecule has 1 aliphatic heterocycles. The largest absolute Gasteiger partial charge is 0.450 e. The van der Waals surface area contributed by atoms with Gasteiger partial charge in [-0.1, -0.05) is 12.1 Å². The second-order valence-electron chi connectivity index (χ2n) is 6.10. The molecule has 26 heavy (non-hydrogen) atoms. The molecule has 2 amide bonds. The maximum Gasteiger partial charge on any atom is 0.409 e. The molecule has 2 heterocycles. The minimum absolute atomic E-state index is 0.00989. The van der Waals surface area contributed by atoms with Crippen LogP contribution in [0, 0.1) is 0 Å². The molecule has 0 aliphatic carbocycles. The fourth-order valence-electron chi connectivity index (χ4n) is 2.99. The molecule has 1 aromatic carbocycles. The number of aromatic amines is 1. The molecule has 0 atom stereocenters. The van der Waals surface area contributed by atoms with Gasteiger partial charge >= 0.3 is 6.09 Å². The first kappa shape index (κ1) is 17.9. The van der Waals surface area contributed by atoms with Gasteiger partial charge in [-0.25, -0.2) is 9.78 Å². The lowest BCUT2D eigenvalue weighted by Gasteiger charge is -2.34. The van der Waals surface area contributed by atoms with Gasteiger partial charge in [0.15, 0.2) is 0 Å². The van der Waals surface area contributed by atoms with Crippen molar-refractivity contribution >= 4 is 22.9 Å². The Labute approximate surface area is 150 Å². The van der Waals surface area contributed by atoms with E-state index in [0.717, 1.165) is 0 Å². The van der Waals surface area contributed by atoms with E-state index in [2.05, 4.69) is 9.97 Å². The molecule has 0 radical (unpaired) electrons. The van der Waals surface area contributed by atoms with Crippen molar-refractivity contribution in [1.82, 2.24) is 19.8 Å². The Hall–Kier alpha value is -2.90. The van der Waals surface area contributed by atoms with Gasteiger partial charge in [-0.3, -0.25) is 9.59 Å². The Morgan fingerprint density at radius 1 is 1.15 bits per heavy atom. The summed E-state index contributed by atoms with van der Waals surface area (Å²) in [6, 6.07) is 7.12. The van der Waals surface area contributed by atoms with E-state index < -0.39 is 0 Å². The maximum absolute atomic E-state index is 12.4. The molecule has 0 spiro atoms. The lowest BCUT2D eigenvalue weighted by Crippen LogP contribution is -2.50. The highest BCUT2D eigenvalue weighted by atomic mass is 16.6. The normalized spacial score (nSPS) is 14.5. The number of para-hydroxylation sites is 1. The van der Waals surface area contributed by atoms with Crippen molar-refractivity contribution < 1.29 is 14.3 Å². The predicted octanol–water partition coefficient (Wildman–Crippen LogP) is 1.16. The molecular formula is C18H22N4O4. The van der Waals surface area contributed by atoms with E-state index >= 15 is 0 Å². The van der Waals surface area contributed by atoms with E-state index in [9.17, 15) is 14.4 Å². The lowest BCUT2D eigenvalue weighted by molar-refractivity contribution is -0.132. The standard InChI is InChI=1S/C18H22N4O4/c1-2-26-18(25)22-11-9-21(10-12-22)16(23)8-7-15-19-14-6-4-3-5-13(14)17(24)20-15/h3-6H,2,7-12H2,1H3,(H,19,20,24). The Bertz CT molecular complexity index is 856. The van der Waals surface area contributed by atoms with Gasteiger partial charge in [0.1, 0.15) is 5.82 Å². The molecule has 0 saturated carbocycles. The number of hydrogen-bond acceptors (Lipinski definition) is 5. The minimum atomic E-state index is -0.336. The number of carbonyl (C=O) groups is 2. The zero-order valence-corrected chi connectivity index (χ0v) is 14.7. The zero-order valence-electron chi connectivity index (χ0n) is 14.7. The highest BCUT2D eigenvalue weighted by molar-refractivity contribution is 5.78. The Morgan fingerprint density at radius 3 is 2.58 bits per heavy atom. The SMILES string of the molecule is CCOC(=O)N1CCN(C(=O)CCc2nc3ccccc3c(=O)[nH]2)CC1. The second-order valence-corrected chi connectivity index (χ2v) is 6.10. The van der Waals surface area contributed by atoms with Crippen molar-refractivity contribution in [2.45, 2.75) is 19.8 Å². The van der Waals surface area contributed by atoms with Gasteiger partial charge in [-0.15, -0.1) is 0 Å². The van der Waals surface area contributed by atoms with E-state index in [1.165, 1.54) is 0 Å². The molecule has 1 N–H and O–H groups in total. The second kappa shape index (κ2) is 7.99. The number of hydrogen-bond donors (Lipinski definition) is 1. The quantitative estimate of drug-likeness (QED) is 0.885. The summed E-state index contributed by atoms with van der Waals surface area (Å²) in [6.07, 6.45) is 0.301. The summed E-state index contributed by atoms with van der Waals surface area (Å²) in [7, 11) is 0. The number of nitrogens with zero attached hydrogens (tertiary/aromatic N) is 3. The van der Waals surface area contributed by atoms with Crippen molar-refractivity contribution in [3.8, 4) is 0 Å². The first-order valence-electron chi connectivity index (χ1n) is 8.76. The highest BCUT2D eigenvalue weighted by Crippen LogP contribution is 2.09. The molecule has 8 nitrogen and oxygen atoms in total. The fourth-order valence-corrected chi connectivity index (χ4v) is 2.99. The first-order chi connectivity index (χ1) is 12.6. The third-order valence-electron chi connectivity index (χ3n) is 4.40.